The molecular weight excluding hydrogens is 288 g/mol. The van der Waals surface area contributed by atoms with Gasteiger partial charge in [-0.3, -0.25) is 4.79 Å². The summed E-state index contributed by atoms with van der Waals surface area (Å²) >= 11 is 1.64. The Morgan fingerprint density at radius 1 is 1.38 bits per heavy atom. The summed E-state index contributed by atoms with van der Waals surface area (Å²) in [6.45, 7) is 1.47. The fourth-order valence-electron chi connectivity index (χ4n) is 2.46. The van der Waals surface area contributed by atoms with Crippen LogP contribution < -0.4 is 9.64 Å². The highest BCUT2D eigenvalue weighted by atomic mass is 32.1. The predicted octanol–water partition coefficient (Wildman–Crippen LogP) is 2.45. The average Bonchev–Trinajstić information content (AvgIpc) is 3.21. The van der Waals surface area contributed by atoms with Gasteiger partial charge in [-0.1, -0.05) is 17.4 Å². The zero-order valence-corrected chi connectivity index (χ0v) is 12.6. The van der Waals surface area contributed by atoms with E-state index in [2.05, 4.69) is 9.88 Å². The van der Waals surface area contributed by atoms with E-state index in [9.17, 15) is 4.79 Å². The molecule has 1 aliphatic heterocycles. The Morgan fingerprint density at radius 3 is 2.90 bits per heavy atom. The first kappa shape index (κ1) is 12.9. The van der Waals surface area contributed by atoms with E-state index >= 15 is 0 Å². The Balaban J connectivity index is 1.45. The smallest absolute Gasteiger partial charge is 0.309 e. The quantitative estimate of drug-likeness (QED) is 0.812. The van der Waals surface area contributed by atoms with E-state index in [1.165, 1.54) is 0 Å². The molecule has 0 unspecified atom stereocenters. The molecule has 1 saturated heterocycles. The minimum atomic E-state index is -0.0226. The van der Waals surface area contributed by atoms with E-state index in [-0.39, 0.29) is 18.0 Å². The molecule has 1 aliphatic carbocycles. The van der Waals surface area contributed by atoms with E-state index in [0.717, 1.165) is 47.0 Å². The summed E-state index contributed by atoms with van der Waals surface area (Å²) in [5.74, 6) is 0.948. The number of hydrogen-bond donors (Lipinski definition) is 0. The van der Waals surface area contributed by atoms with Crippen LogP contribution in [-0.2, 0) is 9.53 Å². The lowest BCUT2D eigenvalue weighted by atomic mass is 10.2. The summed E-state index contributed by atoms with van der Waals surface area (Å²) in [7, 11) is 1.66. The second-order valence-corrected chi connectivity index (χ2v) is 6.55. The van der Waals surface area contributed by atoms with E-state index in [0.29, 0.717) is 0 Å². The lowest BCUT2D eigenvalue weighted by Gasteiger charge is -2.38. The Morgan fingerprint density at radius 2 is 2.19 bits per heavy atom. The number of thiazole rings is 1. The van der Waals surface area contributed by atoms with Gasteiger partial charge in [0.1, 0.15) is 17.4 Å². The molecule has 6 heteroatoms. The minimum absolute atomic E-state index is 0.0204. The minimum Gasteiger partial charge on any atom is -0.494 e. The number of nitrogens with zero attached hydrogens (tertiary/aromatic N) is 2. The van der Waals surface area contributed by atoms with Crippen LogP contribution in [0.25, 0.3) is 10.2 Å². The second kappa shape index (κ2) is 4.87. The van der Waals surface area contributed by atoms with Crippen molar-refractivity contribution in [1.29, 1.82) is 0 Å². The van der Waals surface area contributed by atoms with Crippen LogP contribution in [0, 0.1) is 5.92 Å². The van der Waals surface area contributed by atoms with Crippen molar-refractivity contribution >= 4 is 32.7 Å². The standard InChI is InChI=1S/C15H16N2O3S/c1-19-11-3-2-4-12-13(11)16-15(21-12)17-7-10(8-17)20-14(18)9-5-6-9/h2-4,9-10H,5-8H2,1H3. The van der Waals surface area contributed by atoms with Crippen molar-refractivity contribution in [2.45, 2.75) is 18.9 Å². The van der Waals surface area contributed by atoms with Gasteiger partial charge in [0.15, 0.2) is 5.13 Å². The topological polar surface area (TPSA) is 51.7 Å². The number of fused-ring (bicyclic) bond motifs is 1. The number of para-hydroxylation sites is 1. The van der Waals surface area contributed by atoms with Crippen LogP contribution in [0.3, 0.4) is 0 Å². The summed E-state index contributed by atoms with van der Waals surface area (Å²) < 4.78 is 11.9. The molecule has 1 aromatic carbocycles. The van der Waals surface area contributed by atoms with E-state index < -0.39 is 0 Å². The van der Waals surface area contributed by atoms with Crippen molar-refractivity contribution in [3.63, 3.8) is 0 Å². The number of rotatable bonds is 4. The van der Waals surface area contributed by atoms with Crippen LogP contribution in [0.4, 0.5) is 5.13 Å². The molecular formula is C15H16N2O3S. The molecule has 2 aromatic rings. The van der Waals surface area contributed by atoms with Crippen LogP contribution in [-0.4, -0.2) is 37.3 Å². The average molecular weight is 304 g/mol. The third kappa shape index (κ3) is 2.33. The number of ether oxygens (including phenoxy) is 2. The van der Waals surface area contributed by atoms with E-state index in [1.54, 1.807) is 18.4 Å². The van der Waals surface area contributed by atoms with Gasteiger partial charge in [0.25, 0.3) is 0 Å². The highest BCUT2D eigenvalue weighted by Crippen LogP contribution is 2.36. The third-order valence-corrected chi connectivity index (χ3v) is 4.98. The van der Waals surface area contributed by atoms with E-state index in [4.69, 9.17) is 9.47 Å². The fraction of sp³-hybridized carbons (Fsp3) is 0.467. The molecule has 2 aliphatic rings. The molecule has 110 valence electrons. The van der Waals surface area contributed by atoms with Crippen LogP contribution in [0.15, 0.2) is 18.2 Å². The van der Waals surface area contributed by atoms with Crippen molar-refractivity contribution in [3.8, 4) is 5.75 Å². The Labute approximate surface area is 126 Å². The maximum absolute atomic E-state index is 11.6. The molecule has 0 amide bonds. The molecule has 4 rings (SSSR count). The number of carbonyl (C=O) groups is 1. The maximum atomic E-state index is 11.6. The summed E-state index contributed by atoms with van der Waals surface area (Å²) in [6, 6.07) is 5.94. The monoisotopic (exact) mass is 304 g/mol. The van der Waals surface area contributed by atoms with Crippen LogP contribution in [0.1, 0.15) is 12.8 Å². The first-order valence-electron chi connectivity index (χ1n) is 7.13. The number of hydrogen-bond acceptors (Lipinski definition) is 6. The van der Waals surface area contributed by atoms with Crippen molar-refractivity contribution in [2.24, 2.45) is 5.92 Å². The molecule has 0 radical (unpaired) electrons. The highest BCUT2D eigenvalue weighted by molar-refractivity contribution is 7.22. The SMILES string of the molecule is COc1cccc2sc(N3CC(OC(=O)C4CC4)C3)nc12. The van der Waals surface area contributed by atoms with Gasteiger partial charge in [-0.25, -0.2) is 4.98 Å². The van der Waals surface area contributed by atoms with Crippen LogP contribution in [0.5, 0.6) is 5.75 Å². The zero-order valence-electron chi connectivity index (χ0n) is 11.7. The Kier molecular flexibility index (Phi) is 2.99. The molecule has 2 fully saturated rings. The summed E-state index contributed by atoms with van der Waals surface area (Å²) in [6.07, 6.45) is 2.01. The molecule has 1 aromatic heterocycles. The van der Waals surface area contributed by atoms with Gasteiger partial charge in [0.2, 0.25) is 0 Å². The number of carbonyl (C=O) groups excluding carboxylic acids is 1. The van der Waals surface area contributed by atoms with Gasteiger partial charge in [0.05, 0.1) is 30.8 Å². The fourth-order valence-corrected chi connectivity index (χ4v) is 3.46. The van der Waals surface area contributed by atoms with Crippen molar-refractivity contribution in [2.75, 3.05) is 25.1 Å². The molecule has 0 bridgehead atoms. The van der Waals surface area contributed by atoms with Crippen LogP contribution >= 0.6 is 11.3 Å². The number of aromatic nitrogens is 1. The normalized spacial score (nSPS) is 18.6. The molecule has 5 nitrogen and oxygen atoms in total. The summed E-state index contributed by atoms with van der Waals surface area (Å²) in [4.78, 5) is 18.4. The summed E-state index contributed by atoms with van der Waals surface area (Å²) in [5.41, 5.74) is 0.901. The molecule has 0 atom stereocenters. The zero-order chi connectivity index (χ0) is 14.4. The Bertz CT molecular complexity index is 689. The number of anilines is 1. The first-order chi connectivity index (χ1) is 10.2. The second-order valence-electron chi connectivity index (χ2n) is 5.54. The summed E-state index contributed by atoms with van der Waals surface area (Å²) in [5, 5.41) is 0.966. The lowest BCUT2D eigenvalue weighted by Crippen LogP contribution is -2.53. The number of methoxy groups -OCH3 is 1. The molecule has 2 heterocycles. The van der Waals surface area contributed by atoms with Crippen LogP contribution in [0.2, 0.25) is 0 Å². The first-order valence-corrected chi connectivity index (χ1v) is 7.95. The molecule has 0 N–H and O–H groups in total. The molecule has 21 heavy (non-hydrogen) atoms. The van der Waals surface area contributed by atoms with Crippen molar-refractivity contribution < 1.29 is 14.3 Å². The van der Waals surface area contributed by atoms with Gasteiger partial charge in [0, 0.05) is 0 Å². The number of benzene rings is 1. The number of esters is 1. The highest BCUT2D eigenvalue weighted by Gasteiger charge is 2.37. The van der Waals surface area contributed by atoms with Gasteiger partial charge in [-0.2, -0.15) is 0 Å². The van der Waals surface area contributed by atoms with Gasteiger partial charge in [-0.15, -0.1) is 0 Å². The molecule has 0 spiro atoms. The Hall–Kier alpha value is -1.82. The van der Waals surface area contributed by atoms with Crippen molar-refractivity contribution in [1.82, 2.24) is 4.98 Å². The van der Waals surface area contributed by atoms with Gasteiger partial charge >= 0.3 is 5.97 Å². The maximum Gasteiger partial charge on any atom is 0.309 e. The molecule has 1 saturated carbocycles. The van der Waals surface area contributed by atoms with Gasteiger partial charge in [-0.05, 0) is 25.0 Å². The van der Waals surface area contributed by atoms with Gasteiger partial charge < -0.3 is 14.4 Å². The largest absolute Gasteiger partial charge is 0.494 e. The third-order valence-electron chi connectivity index (χ3n) is 3.90. The lowest BCUT2D eigenvalue weighted by molar-refractivity contribution is -0.151. The van der Waals surface area contributed by atoms with Crippen molar-refractivity contribution in [3.05, 3.63) is 18.2 Å². The predicted molar refractivity (Wildman–Crippen MR) is 81.0 cm³/mol. The van der Waals surface area contributed by atoms with E-state index in [1.807, 2.05) is 18.2 Å².